The van der Waals surface area contributed by atoms with Crippen molar-refractivity contribution in [1.82, 2.24) is 9.80 Å². The largest absolute Gasteiger partial charge is 0.475 e. The van der Waals surface area contributed by atoms with Gasteiger partial charge in [0.1, 0.15) is 11.5 Å². The standard InChI is InChI=1S/C40H74N2O3/c1-5-7-9-11-13-15-17-19-21-23-33-41(3)39-27-25-35-43-36-26-28-40(45-38-31-29-37(44-39)30-32-38)42(4)34-24-22-20-18-16-14-12-10-8-6-2/h29-32,39-40H,5-28,33-36H2,1-4H3. The smallest absolute Gasteiger partial charge is 0.152 e. The van der Waals surface area contributed by atoms with Crippen molar-refractivity contribution in [2.75, 3.05) is 40.4 Å². The zero-order valence-corrected chi connectivity index (χ0v) is 30.4. The molecule has 0 amide bonds. The lowest BCUT2D eigenvalue weighted by molar-refractivity contribution is 0.0199. The number of ether oxygens (including phenoxy) is 3. The van der Waals surface area contributed by atoms with Crippen molar-refractivity contribution >= 4 is 0 Å². The molecule has 2 bridgehead atoms. The number of benzene rings is 1. The van der Waals surface area contributed by atoms with E-state index in [0.717, 1.165) is 63.5 Å². The number of rotatable bonds is 24. The zero-order valence-electron chi connectivity index (χ0n) is 30.4. The summed E-state index contributed by atoms with van der Waals surface area (Å²) in [6, 6.07) is 8.36. The molecular weight excluding hydrogens is 556 g/mol. The number of unbranched alkanes of at least 4 members (excludes halogenated alkanes) is 18. The van der Waals surface area contributed by atoms with Crippen molar-refractivity contribution in [2.45, 2.75) is 180 Å². The van der Waals surface area contributed by atoms with Crippen LogP contribution >= 0.6 is 0 Å². The molecule has 0 fully saturated rings. The molecule has 0 aliphatic carbocycles. The lowest BCUT2D eigenvalue weighted by Gasteiger charge is -2.29. The van der Waals surface area contributed by atoms with E-state index < -0.39 is 0 Å². The Kier molecular flexibility index (Phi) is 24.6. The summed E-state index contributed by atoms with van der Waals surface area (Å²) >= 11 is 0. The number of nitrogens with zero attached hydrogens (tertiary/aromatic N) is 2. The Morgan fingerprint density at radius 3 is 1.13 bits per heavy atom. The van der Waals surface area contributed by atoms with E-state index in [0.29, 0.717) is 0 Å². The molecule has 0 radical (unpaired) electrons. The van der Waals surface area contributed by atoms with Gasteiger partial charge < -0.3 is 14.2 Å². The highest BCUT2D eigenvalue weighted by Gasteiger charge is 2.19. The van der Waals surface area contributed by atoms with Gasteiger partial charge in [-0.3, -0.25) is 9.80 Å². The first kappa shape index (κ1) is 39.9. The van der Waals surface area contributed by atoms with Crippen molar-refractivity contribution in [3.8, 4) is 11.5 Å². The molecule has 5 heteroatoms. The minimum Gasteiger partial charge on any atom is -0.475 e. The van der Waals surface area contributed by atoms with E-state index in [1.54, 1.807) is 0 Å². The van der Waals surface area contributed by atoms with Gasteiger partial charge >= 0.3 is 0 Å². The Morgan fingerprint density at radius 2 is 0.800 bits per heavy atom. The molecule has 5 nitrogen and oxygen atoms in total. The first-order valence-corrected chi connectivity index (χ1v) is 19.6. The number of hydrogen-bond acceptors (Lipinski definition) is 5. The summed E-state index contributed by atoms with van der Waals surface area (Å²) in [5.74, 6) is 1.85. The minimum atomic E-state index is 0.0731. The molecule has 0 saturated heterocycles. The fourth-order valence-electron chi connectivity index (χ4n) is 6.46. The topological polar surface area (TPSA) is 34.2 Å². The van der Waals surface area contributed by atoms with Crippen LogP contribution in [0.3, 0.4) is 0 Å². The quantitative estimate of drug-likeness (QED) is 0.106. The van der Waals surface area contributed by atoms with Crippen molar-refractivity contribution in [2.24, 2.45) is 0 Å². The maximum atomic E-state index is 6.54. The average molecular weight is 631 g/mol. The van der Waals surface area contributed by atoms with Gasteiger partial charge in [-0.05, 0) is 64.0 Å². The van der Waals surface area contributed by atoms with Crippen molar-refractivity contribution < 1.29 is 14.2 Å². The predicted octanol–water partition coefficient (Wildman–Crippen LogP) is 11.4. The summed E-state index contributed by atoms with van der Waals surface area (Å²) in [6.07, 6.45) is 31.5. The molecule has 3 rings (SSSR count). The molecule has 262 valence electrons. The summed E-state index contributed by atoms with van der Waals surface area (Å²) in [5.41, 5.74) is 0. The molecule has 1 aromatic rings. The van der Waals surface area contributed by atoms with Gasteiger partial charge in [-0.25, -0.2) is 0 Å². The Morgan fingerprint density at radius 1 is 0.489 bits per heavy atom. The Balaban J connectivity index is 1.74. The molecule has 2 unspecified atom stereocenters. The maximum Gasteiger partial charge on any atom is 0.152 e. The number of fused-ring (bicyclic) bond motifs is 12. The summed E-state index contributed by atoms with van der Waals surface area (Å²) in [7, 11) is 4.44. The molecule has 2 heterocycles. The van der Waals surface area contributed by atoms with Gasteiger partial charge in [-0.2, -0.15) is 0 Å². The fourth-order valence-corrected chi connectivity index (χ4v) is 6.46. The third kappa shape index (κ3) is 20.5. The summed E-state index contributed by atoms with van der Waals surface area (Å²) in [4.78, 5) is 4.82. The van der Waals surface area contributed by atoms with Crippen LogP contribution in [-0.2, 0) is 4.74 Å². The maximum absolute atomic E-state index is 6.54. The molecule has 2 aliphatic heterocycles. The Labute approximate surface area is 280 Å². The summed E-state index contributed by atoms with van der Waals surface area (Å²) in [5, 5.41) is 0. The Hall–Kier alpha value is -1.30. The molecule has 2 aliphatic rings. The van der Waals surface area contributed by atoms with Crippen LogP contribution in [0.5, 0.6) is 11.5 Å². The molecule has 0 N–H and O–H groups in total. The van der Waals surface area contributed by atoms with Gasteiger partial charge in [0.15, 0.2) is 12.5 Å². The van der Waals surface area contributed by atoms with E-state index in [1.807, 2.05) is 0 Å². The SMILES string of the molecule is CCCCCCCCCCCCN(C)C1CCCOCCCC(N(C)CCCCCCCCCCCC)Oc2ccc(cc2)O1. The van der Waals surface area contributed by atoms with Gasteiger partial charge in [0.2, 0.25) is 0 Å². The van der Waals surface area contributed by atoms with Crippen LogP contribution < -0.4 is 9.47 Å². The highest BCUT2D eigenvalue weighted by atomic mass is 16.5. The lowest BCUT2D eigenvalue weighted by atomic mass is 10.1. The highest BCUT2D eigenvalue weighted by Crippen LogP contribution is 2.24. The molecule has 1 aromatic carbocycles. The fraction of sp³-hybridized carbons (Fsp3) is 0.850. The minimum absolute atomic E-state index is 0.0731. The van der Waals surface area contributed by atoms with Gasteiger partial charge in [0.25, 0.3) is 0 Å². The first-order valence-electron chi connectivity index (χ1n) is 19.6. The van der Waals surface area contributed by atoms with Crippen molar-refractivity contribution in [1.29, 1.82) is 0 Å². The lowest BCUT2D eigenvalue weighted by Crippen LogP contribution is -2.37. The van der Waals surface area contributed by atoms with Crippen LogP contribution in [0.4, 0.5) is 0 Å². The van der Waals surface area contributed by atoms with E-state index in [2.05, 4.69) is 62.0 Å². The Bertz CT molecular complexity index is 710. The number of hydrogen-bond donors (Lipinski definition) is 0. The van der Waals surface area contributed by atoms with Gasteiger partial charge in [-0.15, -0.1) is 0 Å². The van der Waals surface area contributed by atoms with Crippen LogP contribution in [0, 0.1) is 0 Å². The average Bonchev–Trinajstić information content (AvgIpc) is 3.06. The molecule has 45 heavy (non-hydrogen) atoms. The van der Waals surface area contributed by atoms with Gasteiger partial charge in [-0.1, -0.05) is 129 Å². The second-order valence-electron chi connectivity index (χ2n) is 13.8. The second-order valence-corrected chi connectivity index (χ2v) is 13.8. The van der Waals surface area contributed by atoms with Gasteiger partial charge in [0.05, 0.1) is 0 Å². The molecule has 0 spiro atoms. The van der Waals surface area contributed by atoms with Crippen LogP contribution in [-0.4, -0.2) is 62.7 Å². The summed E-state index contributed by atoms with van der Waals surface area (Å²) in [6.45, 7) is 8.33. The van der Waals surface area contributed by atoms with E-state index in [1.165, 1.54) is 128 Å². The monoisotopic (exact) mass is 631 g/mol. The van der Waals surface area contributed by atoms with Gasteiger partial charge in [0, 0.05) is 39.1 Å². The normalized spacial score (nSPS) is 18.1. The summed E-state index contributed by atoms with van der Waals surface area (Å²) < 4.78 is 19.2. The van der Waals surface area contributed by atoms with E-state index in [-0.39, 0.29) is 12.5 Å². The van der Waals surface area contributed by atoms with Crippen molar-refractivity contribution in [3.05, 3.63) is 24.3 Å². The molecular formula is C40H74N2O3. The van der Waals surface area contributed by atoms with Crippen LogP contribution in [0.2, 0.25) is 0 Å². The molecule has 0 aromatic heterocycles. The van der Waals surface area contributed by atoms with Crippen molar-refractivity contribution in [3.63, 3.8) is 0 Å². The molecule has 2 atom stereocenters. The van der Waals surface area contributed by atoms with Crippen LogP contribution in [0.25, 0.3) is 0 Å². The first-order chi connectivity index (χ1) is 22.1. The van der Waals surface area contributed by atoms with Crippen LogP contribution in [0.15, 0.2) is 24.3 Å². The van der Waals surface area contributed by atoms with E-state index in [9.17, 15) is 0 Å². The highest BCUT2D eigenvalue weighted by molar-refractivity contribution is 5.31. The van der Waals surface area contributed by atoms with E-state index in [4.69, 9.17) is 14.2 Å². The van der Waals surface area contributed by atoms with E-state index >= 15 is 0 Å². The third-order valence-electron chi connectivity index (χ3n) is 9.56. The third-order valence-corrected chi connectivity index (χ3v) is 9.56. The predicted molar refractivity (Wildman–Crippen MR) is 194 cm³/mol. The second kappa shape index (κ2) is 27.8. The molecule has 0 saturated carbocycles. The van der Waals surface area contributed by atoms with Crippen LogP contribution in [0.1, 0.15) is 168 Å². The zero-order chi connectivity index (χ0) is 32.2.